The number of hydrogen-bond acceptors (Lipinski definition) is 6. The molecule has 5 nitrogen and oxygen atoms in total. The summed E-state index contributed by atoms with van der Waals surface area (Å²) in [5.41, 5.74) is 3.19. The zero-order chi connectivity index (χ0) is 23.4. The molecule has 0 aromatic heterocycles. The number of amides is 1. The molecule has 4 rings (SSSR count). The van der Waals surface area contributed by atoms with Gasteiger partial charge in [0.25, 0.3) is 5.91 Å². The van der Waals surface area contributed by atoms with E-state index in [9.17, 15) is 4.79 Å². The predicted molar refractivity (Wildman–Crippen MR) is 145 cm³/mol. The Labute approximate surface area is 218 Å². The SMILES string of the molecule is CCOc1cc(/C=C2\SC(=S)N(C[C@@H]3CCCO3)C2=O)cc(I)c1OCc1ccc(C)cc1. The number of aryl methyl sites for hydroxylation is 1. The number of rotatable bonds is 8. The largest absolute Gasteiger partial charge is 0.490 e. The molecule has 174 valence electrons. The maximum Gasteiger partial charge on any atom is 0.266 e. The lowest BCUT2D eigenvalue weighted by Gasteiger charge is -2.18. The first-order chi connectivity index (χ1) is 15.9. The van der Waals surface area contributed by atoms with E-state index in [1.165, 1.54) is 17.3 Å². The average molecular weight is 596 g/mol. The Kier molecular flexibility index (Phi) is 8.32. The van der Waals surface area contributed by atoms with Gasteiger partial charge >= 0.3 is 0 Å². The normalized spacial score (nSPS) is 19.5. The molecule has 2 aliphatic rings. The molecule has 1 amide bonds. The smallest absolute Gasteiger partial charge is 0.266 e. The molecule has 2 aliphatic heterocycles. The van der Waals surface area contributed by atoms with Crippen molar-refractivity contribution in [1.82, 2.24) is 4.90 Å². The summed E-state index contributed by atoms with van der Waals surface area (Å²) in [5, 5.41) is 0. The van der Waals surface area contributed by atoms with Gasteiger partial charge in [-0.1, -0.05) is 53.8 Å². The highest BCUT2D eigenvalue weighted by atomic mass is 127. The van der Waals surface area contributed by atoms with Crippen LogP contribution in [0.5, 0.6) is 11.5 Å². The lowest BCUT2D eigenvalue weighted by molar-refractivity contribution is -0.123. The first-order valence-corrected chi connectivity index (χ1v) is 13.3. The van der Waals surface area contributed by atoms with Crippen LogP contribution in [0.1, 0.15) is 36.5 Å². The monoisotopic (exact) mass is 595 g/mol. The van der Waals surface area contributed by atoms with E-state index in [2.05, 4.69) is 53.8 Å². The van der Waals surface area contributed by atoms with Gasteiger partial charge in [0, 0.05) is 6.61 Å². The van der Waals surface area contributed by atoms with Crippen LogP contribution >= 0.6 is 46.6 Å². The Morgan fingerprint density at radius 3 is 2.76 bits per heavy atom. The summed E-state index contributed by atoms with van der Waals surface area (Å²) in [6.07, 6.45) is 3.95. The molecule has 2 fully saturated rings. The maximum atomic E-state index is 13.0. The molecular formula is C25H26INO4S2. The first kappa shape index (κ1) is 24.5. The van der Waals surface area contributed by atoms with Gasteiger partial charge in [-0.3, -0.25) is 9.69 Å². The molecule has 33 heavy (non-hydrogen) atoms. The van der Waals surface area contributed by atoms with Gasteiger partial charge in [-0.25, -0.2) is 0 Å². The van der Waals surface area contributed by atoms with Gasteiger partial charge < -0.3 is 14.2 Å². The minimum Gasteiger partial charge on any atom is -0.490 e. The quantitative estimate of drug-likeness (QED) is 0.214. The summed E-state index contributed by atoms with van der Waals surface area (Å²) in [5.74, 6) is 1.31. The summed E-state index contributed by atoms with van der Waals surface area (Å²) in [7, 11) is 0. The Morgan fingerprint density at radius 1 is 1.27 bits per heavy atom. The van der Waals surface area contributed by atoms with Crippen LogP contribution in [0.2, 0.25) is 0 Å². The number of halogens is 1. The van der Waals surface area contributed by atoms with Crippen LogP contribution in [0.25, 0.3) is 6.08 Å². The molecule has 0 unspecified atom stereocenters. The lowest BCUT2D eigenvalue weighted by atomic mass is 10.1. The van der Waals surface area contributed by atoms with Crippen LogP contribution in [-0.4, -0.2) is 41.0 Å². The van der Waals surface area contributed by atoms with E-state index in [0.717, 1.165) is 34.1 Å². The fraction of sp³-hybridized carbons (Fsp3) is 0.360. The van der Waals surface area contributed by atoms with Crippen LogP contribution in [0.15, 0.2) is 41.3 Å². The summed E-state index contributed by atoms with van der Waals surface area (Å²) >= 11 is 9.06. The van der Waals surface area contributed by atoms with E-state index in [1.807, 2.05) is 25.1 Å². The molecule has 8 heteroatoms. The van der Waals surface area contributed by atoms with Gasteiger partial charge in [-0.05, 0) is 78.6 Å². The van der Waals surface area contributed by atoms with Crippen molar-refractivity contribution >= 4 is 62.9 Å². The van der Waals surface area contributed by atoms with Gasteiger partial charge in [0.2, 0.25) is 0 Å². The van der Waals surface area contributed by atoms with E-state index < -0.39 is 0 Å². The Balaban J connectivity index is 1.52. The van der Waals surface area contributed by atoms with Crippen molar-refractivity contribution in [3.05, 3.63) is 61.6 Å². The topological polar surface area (TPSA) is 48.0 Å². The number of nitrogens with zero attached hydrogens (tertiary/aromatic N) is 1. The summed E-state index contributed by atoms with van der Waals surface area (Å²) in [6, 6.07) is 12.2. The molecule has 0 spiro atoms. The minimum absolute atomic E-state index is 0.0619. The molecular weight excluding hydrogens is 569 g/mol. The summed E-state index contributed by atoms with van der Waals surface area (Å²) in [4.78, 5) is 15.3. The van der Waals surface area contributed by atoms with Crippen molar-refractivity contribution in [3.8, 4) is 11.5 Å². The number of thioether (sulfide) groups is 1. The molecule has 2 aromatic rings. The third kappa shape index (κ3) is 6.09. The molecule has 0 bridgehead atoms. The van der Waals surface area contributed by atoms with Crippen molar-refractivity contribution in [2.24, 2.45) is 0 Å². The van der Waals surface area contributed by atoms with Crippen molar-refractivity contribution in [2.45, 2.75) is 39.4 Å². The second-order valence-corrected chi connectivity index (χ2v) is 10.8. The minimum atomic E-state index is -0.0619. The standard InChI is InChI=1S/C25H26INO4S2/c1-3-29-21-12-18(11-20(26)23(21)31-15-17-8-6-16(2)7-9-17)13-22-24(28)27(25(32)33-22)14-19-5-4-10-30-19/h6-9,11-13,19H,3-5,10,14-15H2,1-2H3/b22-13-/t19-/m0/s1. The van der Waals surface area contributed by atoms with Crippen LogP contribution in [-0.2, 0) is 16.1 Å². The third-order valence-electron chi connectivity index (χ3n) is 5.42. The summed E-state index contributed by atoms with van der Waals surface area (Å²) < 4.78 is 19.2. The van der Waals surface area contributed by atoms with Crippen molar-refractivity contribution in [1.29, 1.82) is 0 Å². The number of thiocarbonyl (C=S) groups is 1. The molecule has 0 aliphatic carbocycles. The van der Waals surface area contributed by atoms with Crippen LogP contribution < -0.4 is 9.47 Å². The highest BCUT2D eigenvalue weighted by Crippen LogP contribution is 2.38. The van der Waals surface area contributed by atoms with Gasteiger partial charge in [-0.2, -0.15) is 0 Å². The predicted octanol–water partition coefficient (Wildman–Crippen LogP) is 5.96. The van der Waals surface area contributed by atoms with Crippen molar-refractivity contribution in [2.75, 3.05) is 19.8 Å². The van der Waals surface area contributed by atoms with E-state index in [-0.39, 0.29) is 12.0 Å². The summed E-state index contributed by atoms with van der Waals surface area (Å²) in [6.45, 7) is 6.26. The number of benzene rings is 2. The highest BCUT2D eigenvalue weighted by molar-refractivity contribution is 14.1. The van der Waals surface area contributed by atoms with E-state index in [0.29, 0.717) is 40.5 Å². The third-order valence-corrected chi connectivity index (χ3v) is 7.60. The zero-order valence-electron chi connectivity index (χ0n) is 18.6. The van der Waals surface area contributed by atoms with Crippen LogP contribution in [0.4, 0.5) is 0 Å². The second kappa shape index (κ2) is 11.2. The highest BCUT2D eigenvalue weighted by Gasteiger charge is 2.34. The van der Waals surface area contributed by atoms with Crippen molar-refractivity contribution in [3.63, 3.8) is 0 Å². The molecule has 2 heterocycles. The molecule has 2 saturated heterocycles. The van der Waals surface area contributed by atoms with E-state index in [4.69, 9.17) is 26.4 Å². The van der Waals surface area contributed by atoms with Crippen LogP contribution in [0.3, 0.4) is 0 Å². The van der Waals surface area contributed by atoms with Gasteiger partial charge in [0.15, 0.2) is 11.5 Å². The Bertz CT molecular complexity index is 1060. The number of carbonyl (C=O) groups is 1. The molecule has 2 aromatic carbocycles. The first-order valence-electron chi connectivity index (χ1n) is 11.0. The Hall–Kier alpha value is -1.62. The number of carbonyl (C=O) groups excluding carboxylic acids is 1. The molecule has 0 N–H and O–H groups in total. The van der Waals surface area contributed by atoms with Crippen LogP contribution in [0, 0.1) is 10.5 Å². The molecule has 0 saturated carbocycles. The Morgan fingerprint density at radius 2 is 2.06 bits per heavy atom. The molecule has 0 radical (unpaired) electrons. The van der Waals surface area contributed by atoms with Gasteiger partial charge in [0.05, 0.1) is 27.7 Å². The van der Waals surface area contributed by atoms with E-state index in [1.54, 1.807) is 4.90 Å². The number of ether oxygens (including phenoxy) is 3. The van der Waals surface area contributed by atoms with E-state index >= 15 is 0 Å². The number of hydrogen-bond donors (Lipinski definition) is 0. The average Bonchev–Trinajstić information content (AvgIpc) is 3.39. The molecule has 1 atom stereocenters. The fourth-order valence-corrected chi connectivity index (χ4v) is 5.77. The van der Waals surface area contributed by atoms with Gasteiger partial charge in [0.1, 0.15) is 10.9 Å². The van der Waals surface area contributed by atoms with Crippen molar-refractivity contribution < 1.29 is 19.0 Å². The van der Waals surface area contributed by atoms with Gasteiger partial charge in [-0.15, -0.1) is 0 Å². The fourth-order valence-electron chi connectivity index (χ4n) is 3.71. The zero-order valence-corrected chi connectivity index (χ0v) is 22.4. The maximum absolute atomic E-state index is 13.0. The lowest BCUT2D eigenvalue weighted by Crippen LogP contribution is -2.35. The second-order valence-electron chi connectivity index (χ2n) is 7.96.